The van der Waals surface area contributed by atoms with Crippen molar-refractivity contribution in [2.75, 3.05) is 0 Å². The molecule has 2 nitrogen and oxygen atoms in total. The Kier molecular flexibility index (Phi) is 7.62. The zero-order valence-corrected chi connectivity index (χ0v) is 39.4. The molecule has 310 valence electrons. The van der Waals surface area contributed by atoms with Crippen molar-refractivity contribution in [2.45, 2.75) is 134 Å². The lowest BCUT2D eigenvalue weighted by molar-refractivity contribution is 0.333. The molecule has 0 amide bonds. The van der Waals surface area contributed by atoms with E-state index in [1.807, 2.05) is 11.3 Å². The summed E-state index contributed by atoms with van der Waals surface area (Å²) >= 11 is 2.04. The fraction of sp³-hybridized carbons (Fsp3) is 0.362. The van der Waals surface area contributed by atoms with E-state index in [1.165, 1.54) is 112 Å². The van der Waals surface area contributed by atoms with Crippen molar-refractivity contribution in [2.24, 2.45) is 0 Å². The third-order valence-electron chi connectivity index (χ3n) is 16.6. The molecule has 0 fully saturated rings. The lowest BCUT2D eigenvalue weighted by atomic mass is 9.32. The number of hydrogen-bond donors (Lipinski definition) is 0. The van der Waals surface area contributed by atoms with Crippen LogP contribution in [0.5, 0.6) is 0 Å². The number of thiophene rings is 1. The zero-order chi connectivity index (χ0) is 43.1. The van der Waals surface area contributed by atoms with E-state index >= 15 is 0 Å². The standard InChI is InChI=1S/C58H59BN2S/c1-53(2,3)36-22-25-43-37(32-36)46-52(62-43)59-40-33-39-48(57(10,11)30-28-55(39,6)7)45-44-41(24-23-38-47(44)56(8,9)29-27-54(38,4)5)61(50(40)45)42-26-31-60-51(49(42)59)58(46,34-18-14-12-15-19-34)35-20-16-13-17-21-35/h12-26,31-33H,27-30H2,1-11H3. The Balaban J connectivity index is 1.35. The van der Waals surface area contributed by atoms with E-state index in [2.05, 4.69) is 190 Å². The molecule has 12 rings (SSSR count). The first kappa shape index (κ1) is 38.7. The Bertz CT molecular complexity index is 3180. The monoisotopic (exact) mass is 826 g/mol. The van der Waals surface area contributed by atoms with Crippen molar-refractivity contribution in [3.63, 3.8) is 0 Å². The second kappa shape index (κ2) is 12.2. The van der Waals surface area contributed by atoms with E-state index in [-0.39, 0.29) is 33.8 Å². The number of aromatic nitrogens is 2. The lowest BCUT2D eigenvalue weighted by Crippen LogP contribution is -2.64. The smallest absolute Gasteiger partial charge is 0.262 e. The van der Waals surface area contributed by atoms with E-state index < -0.39 is 5.41 Å². The van der Waals surface area contributed by atoms with E-state index in [1.54, 1.807) is 16.7 Å². The van der Waals surface area contributed by atoms with Gasteiger partial charge in [-0.2, -0.15) is 0 Å². The van der Waals surface area contributed by atoms with E-state index in [9.17, 15) is 0 Å². The first-order chi connectivity index (χ1) is 29.4. The summed E-state index contributed by atoms with van der Waals surface area (Å²) < 4.78 is 5.56. The van der Waals surface area contributed by atoms with Gasteiger partial charge in [0.05, 0.1) is 16.6 Å². The van der Waals surface area contributed by atoms with Crippen molar-refractivity contribution in [1.29, 1.82) is 0 Å². The minimum atomic E-state index is -0.644. The Morgan fingerprint density at radius 2 is 1.21 bits per heavy atom. The molecule has 4 aliphatic rings. The molecule has 5 aromatic carbocycles. The topological polar surface area (TPSA) is 17.8 Å². The second-order valence-electron chi connectivity index (χ2n) is 23.2. The van der Waals surface area contributed by atoms with Crippen LogP contribution < -0.4 is 15.7 Å². The van der Waals surface area contributed by atoms with Crippen LogP contribution in [0.2, 0.25) is 0 Å². The van der Waals surface area contributed by atoms with Gasteiger partial charge in [0, 0.05) is 32.9 Å². The minimum absolute atomic E-state index is 0.000538. The maximum absolute atomic E-state index is 5.72. The van der Waals surface area contributed by atoms with Crippen LogP contribution in [0.25, 0.3) is 37.6 Å². The first-order valence-electron chi connectivity index (χ1n) is 23.3. The molecule has 0 saturated carbocycles. The van der Waals surface area contributed by atoms with Crippen molar-refractivity contribution < 1.29 is 0 Å². The molecule has 2 aliphatic heterocycles. The zero-order valence-electron chi connectivity index (χ0n) is 38.6. The predicted octanol–water partition coefficient (Wildman–Crippen LogP) is 12.9. The average molecular weight is 827 g/mol. The van der Waals surface area contributed by atoms with Crippen LogP contribution in [-0.4, -0.2) is 16.3 Å². The molecular formula is C58H59BN2S. The van der Waals surface area contributed by atoms with Crippen molar-refractivity contribution in [1.82, 2.24) is 9.55 Å². The van der Waals surface area contributed by atoms with Gasteiger partial charge in [-0.25, -0.2) is 0 Å². The van der Waals surface area contributed by atoms with Crippen LogP contribution in [-0.2, 0) is 32.5 Å². The molecule has 3 aromatic heterocycles. The Hall–Kier alpha value is -4.93. The highest BCUT2D eigenvalue weighted by Gasteiger charge is 2.55. The molecule has 0 radical (unpaired) electrons. The quantitative estimate of drug-likeness (QED) is 0.159. The number of pyridine rings is 1. The summed E-state index contributed by atoms with van der Waals surface area (Å²) in [6, 6.07) is 40.2. The summed E-state index contributed by atoms with van der Waals surface area (Å²) in [5.74, 6) is 0. The molecule has 0 N–H and O–H groups in total. The first-order valence-corrected chi connectivity index (χ1v) is 24.1. The summed E-state index contributed by atoms with van der Waals surface area (Å²) in [7, 11) is 0. The molecule has 0 unspecified atom stereocenters. The Morgan fingerprint density at radius 1 is 0.613 bits per heavy atom. The molecule has 0 spiro atoms. The number of benzene rings is 5. The van der Waals surface area contributed by atoms with Gasteiger partial charge in [0.2, 0.25) is 0 Å². The predicted molar refractivity (Wildman–Crippen MR) is 266 cm³/mol. The maximum Gasteiger partial charge on any atom is 0.262 e. The van der Waals surface area contributed by atoms with Crippen LogP contribution in [0.15, 0.2) is 109 Å². The van der Waals surface area contributed by atoms with Crippen LogP contribution in [0.1, 0.15) is 152 Å². The SMILES string of the molecule is CC(C)(C)c1ccc2sc3c(c2c1)C(c1ccccc1)(c1ccccc1)c1nccc2c1B3c1cc3c(c4c5c6c(ccc5n-2c14)C(C)(C)CCC6(C)C)C(C)(C)CCC3(C)C. The number of hydrogen-bond acceptors (Lipinski definition) is 2. The van der Waals surface area contributed by atoms with E-state index in [4.69, 9.17) is 4.98 Å². The molecule has 2 aliphatic carbocycles. The second-order valence-corrected chi connectivity index (χ2v) is 24.3. The summed E-state index contributed by atoms with van der Waals surface area (Å²) in [5, 5.41) is 4.40. The highest BCUT2D eigenvalue weighted by atomic mass is 32.1. The molecule has 5 heterocycles. The van der Waals surface area contributed by atoms with E-state index in [0.717, 1.165) is 0 Å². The van der Waals surface area contributed by atoms with Gasteiger partial charge in [-0.05, 0) is 143 Å². The van der Waals surface area contributed by atoms with Gasteiger partial charge in [0.25, 0.3) is 6.71 Å². The normalized spacial score (nSPS) is 19.6. The van der Waals surface area contributed by atoms with E-state index in [0.29, 0.717) is 0 Å². The van der Waals surface area contributed by atoms with Gasteiger partial charge < -0.3 is 4.57 Å². The van der Waals surface area contributed by atoms with Gasteiger partial charge in [0.1, 0.15) is 0 Å². The Morgan fingerprint density at radius 3 is 1.84 bits per heavy atom. The lowest BCUT2D eigenvalue weighted by Gasteiger charge is -2.46. The van der Waals surface area contributed by atoms with Crippen LogP contribution in [0.3, 0.4) is 0 Å². The average Bonchev–Trinajstić information content (AvgIpc) is 3.80. The summed E-state index contributed by atoms with van der Waals surface area (Å²) in [5.41, 5.74) is 19.2. The molecule has 0 atom stereocenters. The Labute approximate surface area is 372 Å². The van der Waals surface area contributed by atoms with Gasteiger partial charge >= 0.3 is 0 Å². The fourth-order valence-electron chi connectivity index (χ4n) is 13.1. The highest BCUT2D eigenvalue weighted by Crippen LogP contribution is 2.57. The largest absolute Gasteiger partial charge is 0.310 e. The van der Waals surface area contributed by atoms with Crippen LogP contribution in [0.4, 0.5) is 0 Å². The third kappa shape index (κ3) is 4.80. The molecular weight excluding hydrogens is 768 g/mol. The summed E-state index contributed by atoms with van der Waals surface area (Å²) in [4.78, 5) is 5.72. The molecule has 0 bridgehead atoms. The summed E-state index contributed by atoms with van der Waals surface area (Å²) in [6.07, 6.45) is 6.88. The van der Waals surface area contributed by atoms with Gasteiger partial charge in [0.15, 0.2) is 0 Å². The van der Waals surface area contributed by atoms with Crippen molar-refractivity contribution >= 4 is 65.6 Å². The number of rotatable bonds is 2. The van der Waals surface area contributed by atoms with Crippen molar-refractivity contribution in [3.05, 3.63) is 160 Å². The third-order valence-corrected chi connectivity index (χ3v) is 17.8. The molecule has 62 heavy (non-hydrogen) atoms. The molecule has 0 saturated heterocycles. The molecule has 8 aromatic rings. The van der Waals surface area contributed by atoms with Gasteiger partial charge in [-0.1, -0.05) is 155 Å². The minimum Gasteiger partial charge on any atom is -0.310 e. The number of fused-ring (bicyclic) bond motifs is 13. The van der Waals surface area contributed by atoms with Gasteiger partial charge in [-0.15, -0.1) is 11.3 Å². The highest BCUT2D eigenvalue weighted by molar-refractivity contribution is 7.32. The summed E-state index contributed by atoms with van der Waals surface area (Å²) in [6.45, 7) is 27.3. The van der Waals surface area contributed by atoms with Crippen LogP contribution in [0, 0.1) is 0 Å². The molecule has 4 heteroatoms. The fourth-order valence-corrected chi connectivity index (χ4v) is 14.5. The van der Waals surface area contributed by atoms with Crippen molar-refractivity contribution in [3.8, 4) is 5.69 Å². The van der Waals surface area contributed by atoms with Crippen LogP contribution >= 0.6 is 11.3 Å². The number of nitrogens with zero attached hydrogens (tertiary/aromatic N) is 2. The van der Waals surface area contributed by atoms with Gasteiger partial charge in [-0.3, -0.25) is 4.98 Å². The maximum atomic E-state index is 5.72.